The highest BCUT2D eigenvalue weighted by Crippen LogP contribution is 2.42. The molecule has 676 valence electrons. The van der Waals surface area contributed by atoms with Gasteiger partial charge < -0.3 is 235 Å². The fourth-order valence-corrected chi connectivity index (χ4v) is 15.0. The lowest BCUT2D eigenvalue weighted by atomic mass is 9.88. The normalized spacial score (nSPS) is 47.9. The molecule has 0 radical (unpaired) electrons. The maximum Gasteiger partial charge on any atom is 0.364 e. The molecular weight excluding hydrogens is 1600 g/mol. The predicted octanol–water partition coefficient (Wildman–Crippen LogP) is -19.8. The molecule has 9 heterocycles. The third-order valence-corrected chi connectivity index (χ3v) is 21.3. The van der Waals surface area contributed by atoms with Crippen LogP contribution in [0.15, 0.2) is 0 Å². The largest absolute Gasteiger partial charge is 0.477 e. The number of carboxylic acid groups (broad SMARTS) is 1. The summed E-state index contributed by atoms with van der Waals surface area (Å²) in [6, 6.07) is -7.45. The molecule has 9 saturated heterocycles. The summed E-state index contributed by atoms with van der Waals surface area (Å²) in [6.45, 7) is -3.93. The minimum atomic E-state index is -3.28. The third kappa shape index (κ3) is 21.4. The minimum absolute atomic E-state index is 0.824. The summed E-state index contributed by atoms with van der Waals surface area (Å²) < 4.78 is 99.8. The summed E-state index contributed by atoms with van der Waals surface area (Å²) in [5.41, 5.74) is 0. The van der Waals surface area contributed by atoms with Crippen molar-refractivity contribution in [2.24, 2.45) is 0 Å². The molecule has 0 saturated carbocycles. The number of nitrogens with one attached hydrogen (secondary N) is 4. The van der Waals surface area contributed by atoms with E-state index in [1.165, 1.54) is 6.92 Å². The average molecular weight is 1710 g/mol. The van der Waals surface area contributed by atoms with E-state index in [2.05, 4.69) is 21.3 Å². The molecule has 1 unspecified atom stereocenters. The Morgan fingerprint density at radius 3 is 1.25 bits per heavy atom. The van der Waals surface area contributed by atoms with Crippen molar-refractivity contribution >= 4 is 29.6 Å². The van der Waals surface area contributed by atoms with Crippen molar-refractivity contribution in [3.63, 3.8) is 0 Å². The van der Waals surface area contributed by atoms with Crippen LogP contribution in [0, 0.1) is 0 Å². The Labute approximate surface area is 662 Å². The van der Waals surface area contributed by atoms with Gasteiger partial charge in [0.2, 0.25) is 23.6 Å². The molecule has 0 bridgehead atoms. The Balaban J connectivity index is 0.977. The van der Waals surface area contributed by atoms with Gasteiger partial charge in [0.25, 0.3) is 5.79 Å². The van der Waals surface area contributed by atoms with Crippen molar-refractivity contribution in [3.05, 3.63) is 0 Å². The molecule has 0 aromatic heterocycles. The van der Waals surface area contributed by atoms with Crippen LogP contribution < -0.4 is 21.3 Å². The number of hydrogen-bond donors (Lipinski definition) is 30. The molecule has 0 aliphatic carbocycles. The van der Waals surface area contributed by atoms with Crippen LogP contribution in [0.25, 0.3) is 0 Å². The Morgan fingerprint density at radius 1 is 0.368 bits per heavy atom. The molecule has 9 rings (SSSR count). The summed E-state index contributed by atoms with van der Waals surface area (Å²) >= 11 is 0. The van der Waals surface area contributed by atoms with E-state index in [4.69, 9.17) is 80.5 Å². The summed E-state index contributed by atoms with van der Waals surface area (Å²) in [7, 11) is 0. The number of rotatable bonds is 31. The molecule has 52 nitrogen and oxygen atoms in total. The Morgan fingerprint density at radius 2 is 0.744 bits per heavy atom. The summed E-state index contributed by atoms with van der Waals surface area (Å²) in [6.07, 6.45) is -87.2. The Bertz CT molecular complexity index is 3190. The first-order valence-electron chi connectivity index (χ1n) is 37.1. The number of carbonyl (C=O) groups excluding carboxylic acids is 4. The number of carbonyl (C=O) groups is 5. The van der Waals surface area contributed by atoms with Gasteiger partial charge in [-0.2, -0.15) is 0 Å². The first-order chi connectivity index (χ1) is 55.1. The van der Waals surface area contributed by atoms with E-state index in [1.54, 1.807) is 0 Å². The number of aliphatic hydroxyl groups is 25. The Kier molecular flexibility index (Phi) is 34.2. The smallest absolute Gasteiger partial charge is 0.364 e. The average Bonchev–Trinajstić information content (AvgIpc) is 0.756. The Hall–Kier alpha value is -4.33. The number of aliphatic hydroxyl groups excluding tert-OH is 25. The molecule has 9 fully saturated rings. The van der Waals surface area contributed by atoms with Crippen molar-refractivity contribution in [1.29, 1.82) is 0 Å². The number of carboxylic acids is 1. The van der Waals surface area contributed by atoms with E-state index in [9.17, 15) is 157 Å². The summed E-state index contributed by atoms with van der Waals surface area (Å²) in [5, 5.41) is 298. The predicted molar refractivity (Wildman–Crippen MR) is 359 cm³/mol. The first-order valence-corrected chi connectivity index (χ1v) is 37.1. The maximum absolute atomic E-state index is 13.2. The van der Waals surface area contributed by atoms with Crippen molar-refractivity contribution in [2.75, 3.05) is 52.9 Å². The molecule has 52 heteroatoms. The molecule has 9 aliphatic rings. The van der Waals surface area contributed by atoms with E-state index in [-0.39, 0.29) is 0 Å². The van der Waals surface area contributed by atoms with Crippen LogP contribution in [0.5, 0.6) is 0 Å². The van der Waals surface area contributed by atoms with Crippen LogP contribution in [0.3, 0.4) is 0 Å². The van der Waals surface area contributed by atoms with Gasteiger partial charge in [-0.15, -0.1) is 0 Å². The molecule has 0 aromatic rings. The standard InChI is InChI=1S/C65H108N4O48/c1-15-33(82)42(91)45(94)59(103-15)101-14-28-51(39(88)30(56(98)104-28)67-17(3)77)111-57-31(68-18(4)78)40(89)49(25(11-74)108-57)112-61-47(96)53(114-60-46(95)43(92)35(84)22(8-71)105-60)38(87)27(110-61)13-102-63-55(44(93)36(85)23(9-72)107-63)115-58-32(69-19(5)79)41(90)50(26(12-75)109-58)113-62-48(97)54(37(86)24(10-73)106-62)117-65(64(99)100)6-20(80)29(66-16(2)76)52(116-65)34(83)21(81)7-70/h15,20-63,70-75,80-98H,6-14H2,1-5H3,(H,66,76)(H,67,77)(H,68,78)(H,69,79)(H,99,100)/t15-,20-,21+,22+,23+,24+,25+,26+,27+,28+,29+,30+,31+,32+,33+,34+,35+,36+,37-,38+,39+,40+,41+,42+,43-,44-,45-,46-,47-,48+,49+,50+,51+,52+,53-,54-,55-,56?,57-,58-,59+,60+,61-,62-,63-,65-/m0/s1. The third-order valence-electron chi connectivity index (χ3n) is 21.3. The number of aliphatic carboxylic acids is 1. The number of amides is 4. The van der Waals surface area contributed by atoms with Gasteiger partial charge in [-0.3, -0.25) is 19.2 Å². The van der Waals surface area contributed by atoms with E-state index in [0.717, 1.165) is 27.7 Å². The fourth-order valence-electron chi connectivity index (χ4n) is 15.0. The second-order valence-corrected chi connectivity index (χ2v) is 29.6. The highest BCUT2D eigenvalue weighted by atomic mass is 16.8. The molecule has 0 spiro atoms. The summed E-state index contributed by atoms with van der Waals surface area (Å²) in [4.78, 5) is 63.9. The minimum Gasteiger partial charge on any atom is -0.477 e. The van der Waals surface area contributed by atoms with Crippen LogP contribution >= 0.6 is 0 Å². The van der Waals surface area contributed by atoms with Crippen molar-refractivity contribution in [2.45, 2.75) is 323 Å². The van der Waals surface area contributed by atoms with Crippen molar-refractivity contribution in [1.82, 2.24) is 21.3 Å². The first kappa shape index (κ1) is 96.5. The topological polar surface area (TPSA) is 816 Å². The van der Waals surface area contributed by atoms with Crippen molar-refractivity contribution in [3.8, 4) is 0 Å². The van der Waals surface area contributed by atoms with Crippen LogP contribution in [-0.4, -0.2) is 497 Å². The van der Waals surface area contributed by atoms with Gasteiger partial charge in [0.05, 0.1) is 71.1 Å². The van der Waals surface area contributed by atoms with Gasteiger partial charge >= 0.3 is 5.97 Å². The lowest BCUT2D eigenvalue weighted by molar-refractivity contribution is -0.393. The molecule has 30 N–H and O–H groups in total. The highest BCUT2D eigenvalue weighted by Gasteiger charge is 2.63. The lowest BCUT2D eigenvalue weighted by Crippen LogP contribution is -2.71. The molecule has 9 aliphatic heterocycles. The van der Waals surface area contributed by atoms with Gasteiger partial charge in [-0.1, -0.05) is 0 Å². The van der Waals surface area contributed by atoms with Crippen LogP contribution in [0.2, 0.25) is 0 Å². The SMILES string of the molecule is CC(=O)N[C@H]1[C@H](O[C@H]2[C@H](O)[C@@H](NC(C)=O)C(O)O[C@@H]2CO[C@@H]2O[C@@H](C)[C@@H](O)[C@@H](O)[C@@H]2O)O[C@H](CO)[C@@H](O[C@@H]2O[C@H](CO[C@H]3O[C@H](CO)[C@@H](O)[C@H](O)[C@@H]3O[C@@H]3O[C@H](CO)[C@@H](O[C@@H]4O[C@H](CO)[C@H](O)[C@H](O[C@]5(C(=O)O)C[C@H](O)[C@@H](NC(C)=O)[C@H]([C@H](O)[C@H](O)CO)O5)[C@H]4O)[C@H](O)[C@H]3NC(C)=O)[C@@H](O)[C@H](O[C@H]3O[C@H](CO)[C@@H](O)[C@H](O)[C@@H]3O)[C@@H]2O)[C@@H]1O. The van der Waals surface area contributed by atoms with Crippen molar-refractivity contribution < 1.29 is 237 Å². The molecule has 4 amide bonds. The molecule has 46 atom stereocenters. The second-order valence-electron chi connectivity index (χ2n) is 29.6. The lowest BCUT2D eigenvalue weighted by Gasteiger charge is -2.51. The quantitative estimate of drug-likeness (QED) is 0.0306. The van der Waals surface area contributed by atoms with Gasteiger partial charge in [0.15, 0.2) is 50.3 Å². The fraction of sp³-hybridized carbons (Fsp3) is 0.923. The summed E-state index contributed by atoms with van der Waals surface area (Å²) in [5.74, 6) is -9.08. The van der Waals surface area contributed by atoms with Gasteiger partial charge in [0.1, 0.15) is 207 Å². The van der Waals surface area contributed by atoms with Gasteiger partial charge in [0, 0.05) is 34.1 Å². The van der Waals surface area contributed by atoms with Gasteiger partial charge in [-0.25, -0.2) is 4.79 Å². The number of ether oxygens (including phenoxy) is 17. The number of hydrogen-bond acceptors (Lipinski definition) is 47. The zero-order chi connectivity index (χ0) is 86.6. The molecular formula is C65H108N4O48. The zero-order valence-electron chi connectivity index (χ0n) is 63.0. The van der Waals surface area contributed by atoms with E-state index >= 15 is 0 Å². The zero-order valence-corrected chi connectivity index (χ0v) is 63.0. The molecule has 117 heavy (non-hydrogen) atoms. The molecule has 0 aromatic carbocycles. The monoisotopic (exact) mass is 1710 g/mol. The van der Waals surface area contributed by atoms with Crippen LogP contribution in [0.1, 0.15) is 41.0 Å². The van der Waals surface area contributed by atoms with E-state index < -0.39 is 371 Å². The second kappa shape index (κ2) is 41.4. The van der Waals surface area contributed by atoms with Crippen LogP contribution in [-0.2, 0) is 104 Å². The van der Waals surface area contributed by atoms with E-state index in [0.29, 0.717) is 0 Å². The van der Waals surface area contributed by atoms with Crippen LogP contribution in [0.4, 0.5) is 0 Å². The highest BCUT2D eigenvalue weighted by molar-refractivity contribution is 5.77. The van der Waals surface area contributed by atoms with E-state index in [1.807, 2.05) is 0 Å². The maximum atomic E-state index is 13.2. The van der Waals surface area contributed by atoms with Gasteiger partial charge in [-0.05, 0) is 6.92 Å².